The van der Waals surface area contributed by atoms with E-state index in [0.29, 0.717) is 12.6 Å². The molecule has 0 amide bonds. The third-order valence-electron chi connectivity index (χ3n) is 2.83. The molecule has 0 aliphatic rings. The topological polar surface area (TPSA) is 47.0 Å². The first-order valence-electron chi connectivity index (χ1n) is 7.05. The summed E-state index contributed by atoms with van der Waals surface area (Å²) in [5, 5.41) is 3.23. The number of rotatable bonds is 6. The van der Waals surface area contributed by atoms with Gasteiger partial charge in [-0.1, -0.05) is 19.1 Å². The highest BCUT2D eigenvalue weighted by molar-refractivity contribution is 5.62. The lowest BCUT2D eigenvalue weighted by Crippen LogP contribution is -2.05. The summed E-state index contributed by atoms with van der Waals surface area (Å²) in [5.74, 6) is 1.55. The van der Waals surface area contributed by atoms with Gasteiger partial charge in [0.15, 0.2) is 0 Å². The van der Waals surface area contributed by atoms with Gasteiger partial charge in [-0.05, 0) is 38.5 Å². The number of benzene rings is 1. The zero-order valence-corrected chi connectivity index (χ0v) is 12.3. The second kappa shape index (κ2) is 6.89. The number of hydrogen-bond donors (Lipinski definition) is 1. The molecule has 106 valence electrons. The Morgan fingerprint density at radius 1 is 1.15 bits per heavy atom. The number of aryl methyl sites for hydroxylation is 1. The van der Waals surface area contributed by atoms with Crippen LogP contribution in [0.25, 0.3) is 11.3 Å². The Morgan fingerprint density at radius 2 is 2.00 bits per heavy atom. The first-order chi connectivity index (χ1) is 9.72. The van der Waals surface area contributed by atoms with Gasteiger partial charge in [-0.2, -0.15) is 0 Å². The molecule has 0 atom stereocenters. The third kappa shape index (κ3) is 3.70. The molecule has 0 radical (unpaired) electrons. The molecular formula is C16H21N3O. The fourth-order valence-corrected chi connectivity index (χ4v) is 1.94. The predicted octanol–water partition coefficient (Wildman–Crippen LogP) is 3.67. The largest absolute Gasteiger partial charge is 0.494 e. The molecule has 4 heteroatoms. The van der Waals surface area contributed by atoms with Crippen LogP contribution in [0.15, 0.2) is 30.3 Å². The van der Waals surface area contributed by atoms with Crippen LogP contribution >= 0.6 is 0 Å². The summed E-state index contributed by atoms with van der Waals surface area (Å²) >= 11 is 0. The van der Waals surface area contributed by atoms with Crippen LogP contribution in [0.1, 0.15) is 26.0 Å². The molecule has 20 heavy (non-hydrogen) atoms. The van der Waals surface area contributed by atoms with Crippen LogP contribution < -0.4 is 10.1 Å². The monoisotopic (exact) mass is 271 g/mol. The van der Waals surface area contributed by atoms with Crippen molar-refractivity contribution in [1.29, 1.82) is 0 Å². The molecule has 2 aromatic rings. The number of anilines is 1. The molecule has 0 spiro atoms. The molecule has 1 N–H and O–H groups in total. The fraction of sp³-hybridized carbons (Fsp3) is 0.375. The fourth-order valence-electron chi connectivity index (χ4n) is 1.94. The van der Waals surface area contributed by atoms with Gasteiger partial charge >= 0.3 is 0 Å². The van der Waals surface area contributed by atoms with Gasteiger partial charge in [0, 0.05) is 17.8 Å². The van der Waals surface area contributed by atoms with Crippen LogP contribution in [0, 0.1) is 6.92 Å². The van der Waals surface area contributed by atoms with E-state index >= 15 is 0 Å². The van der Waals surface area contributed by atoms with Crippen molar-refractivity contribution in [2.45, 2.75) is 27.2 Å². The minimum atomic E-state index is 0.662. The molecule has 0 aliphatic carbocycles. The van der Waals surface area contributed by atoms with E-state index in [0.717, 1.165) is 35.7 Å². The average Bonchev–Trinajstić information content (AvgIpc) is 2.45. The first-order valence-corrected chi connectivity index (χ1v) is 7.05. The highest BCUT2D eigenvalue weighted by Gasteiger charge is 2.05. The summed E-state index contributed by atoms with van der Waals surface area (Å²) in [6.07, 6.45) is 1.05. The predicted molar refractivity (Wildman–Crippen MR) is 82.2 cm³/mol. The second-order valence-electron chi connectivity index (χ2n) is 4.61. The third-order valence-corrected chi connectivity index (χ3v) is 2.83. The van der Waals surface area contributed by atoms with Gasteiger partial charge < -0.3 is 10.1 Å². The van der Waals surface area contributed by atoms with Crippen molar-refractivity contribution >= 4 is 5.95 Å². The smallest absolute Gasteiger partial charge is 0.223 e. The van der Waals surface area contributed by atoms with E-state index in [2.05, 4.69) is 22.2 Å². The van der Waals surface area contributed by atoms with E-state index in [1.165, 1.54) is 0 Å². The molecule has 1 aromatic heterocycles. The summed E-state index contributed by atoms with van der Waals surface area (Å²) in [4.78, 5) is 8.97. The molecule has 1 heterocycles. The van der Waals surface area contributed by atoms with Crippen molar-refractivity contribution in [2.75, 3.05) is 18.5 Å². The Bertz CT molecular complexity index is 569. The van der Waals surface area contributed by atoms with Gasteiger partial charge in [-0.25, -0.2) is 9.97 Å². The number of nitrogens with one attached hydrogen (secondary N) is 1. The standard InChI is InChI=1S/C16H21N3O/c1-4-9-17-16-18-12(3)10-15(19-16)13-7-6-8-14(11-13)20-5-2/h6-8,10-11H,4-5,9H2,1-3H3,(H,17,18,19). The van der Waals surface area contributed by atoms with Crippen LogP contribution in [-0.4, -0.2) is 23.1 Å². The van der Waals surface area contributed by atoms with Crippen molar-refractivity contribution in [1.82, 2.24) is 9.97 Å². The summed E-state index contributed by atoms with van der Waals surface area (Å²) in [5.41, 5.74) is 2.91. The van der Waals surface area contributed by atoms with Crippen LogP contribution in [0.2, 0.25) is 0 Å². The molecule has 1 aromatic carbocycles. The Balaban J connectivity index is 2.31. The summed E-state index contributed by atoms with van der Waals surface area (Å²) in [6, 6.07) is 9.97. The van der Waals surface area contributed by atoms with Crippen LogP contribution in [0.3, 0.4) is 0 Å². The van der Waals surface area contributed by atoms with E-state index in [1.54, 1.807) is 0 Å². The lowest BCUT2D eigenvalue weighted by molar-refractivity contribution is 0.340. The maximum atomic E-state index is 5.53. The van der Waals surface area contributed by atoms with Crippen molar-refractivity contribution < 1.29 is 4.74 Å². The molecule has 4 nitrogen and oxygen atoms in total. The first kappa shape index (κ1) is 14.3. The lowest BCUT2D eigenvalue weighted by Gasteiger charge is -2.09. The maximum absolute atomic E-state index is 5.53. The summed E-state index contributed by atoms with van der Waals surface area (Å²) < 4.78 is 5.53. The summed E-state index contributed by atoms with van der Waals surface area (Å²) in [7, 11) is 0. The zero-order chi connectivity index (χ0) is 14.4. The minimum absolute atomic E-state index is 0.662. The Morgan fingerprint density at radius 3 is 2.75 bits per heavy atom. The van der Waals surface area contributed by atoms with Crippen molar-refractivity contribution in [3.8, 4) is 17.0 Å². The summed E-state index contributed by atoms with van der Waals surface area (Å²) in [6.45, 7) is 7.62. The number of nitrogens with zero attached hydrogens (tertiary/aromatic N) is 2. The molecule has 0 fully saturated rings. The number of aromatic nitrogens is 2. The van der Waals surface area contributed by atoms with Crippen LogP contribution in [0.4, 0.5) is 5.95 Å². The minimum Gasteiger partial charge on any atom is -0.494 e. The van der Waals surface area contributed by atoms with E-state index < -0.39 is 0 Å². The quantitative estimate of drug-likeness (QED) is 0.870. The van der Waals surface area contributed by atoms with E-state index in [9.17, 15) is 0 Å². The molecule has 0 aliphatic heterocycles. The Hall–Kier alpha value is -2.10. The van der Waals surface area contributed by atoms with Crippen molar-refractivity contribution in [3.05, 3.63) is 36.0 Å². The van der Waals surface area contributed by atoms with Gasteiger partial charge in [0.05, 0.1) is 12.3 Å². The molecule has 0 saturated heterocycles. The molecule has 2 rings (SSSR count). The molecule has 0 saturated carbocycles. The molecule has 0 unspecified atom stereocenters. The van der Waals surface area contributed by atoms with Gasteiger partial charge in [0.2, 0.25) is 5.95 Å². The SMILES string of the molecule is CCCNc1nc(C)cc(-c2cccc(OCC)c2)n1. The van der Waals surface area contributed by atoms with E-state index in [4.69, 9.17) is 4.74 Å². The molecule has 0 bridgehead atoms. The normalized spacial score (nSPS) is 10.3. The molecular weight excluding hydrogens is 250 g/mol. The Labute approximate surface area is 120 Å². The Kier molecular flexibility index (Phi) is 4.93. The van der Waals surface area contributed by atoms with Gasteiger partial charge in [-0.15, -0.1) is 0 Å². The highest BCUT2D eigenvalue weighted by atomic mass is 16.5. The van der Waals surface area contributed by atoms with Crippen molar-refractivity contribution in [3.63, 3.8) is 0 Å². The zero-order valence-electron chi connectivity index (χ0n) is 12.3. The van der Waals surface area contributed by atoms with Crippen LogP contribution in [0.5, 0.6) is 5.75 Å². The van der Waals surface area contributed by atoms with E-state index in [1.807, 2.05) is 44.2 Å². The van der Waals surface area contributed by atoms with Gasteiger partial charge in [0.25, 0.3) is 0 Å². The van der Waals surface area contributed by atoms with Gasteiger partial charge in [-0.3, -0.25) is 0 Å². The lowest BCUT2D eigenvalue weighted by atomic mass is 10.1. The average molecular weight is 271 g/mol. The number of hydrogen-bond acceptors (Lipinski definition) is 4. The second-order valence-corrected chi connectivity index (χ2v) is 4.61. The maximum Gasteiger partial charge on any atom is 0.223 e. The van der Waals surface area contributed by atoms with Crippen LogP contribution in [-0.2, 0) is 0 Å². The van der Waals surface area contributed by atoms with Crippen molar-refractivity contribution in [2.24, 2.45) is 0 Å². The van der Waals surface area contributed by atoms with E-state index in [-0.39, 0.29) is 0 Å². The number of ether oxygens (including phenoxy) is 1. The van der Waals surface area contributed by atoms with Gasteiger partial charge in [0.1, 0.15) is 5.75 Å². The highest BCUT2D eigenvalue weighted by Crippen LogP contribution is 2.23.